The second-order valence-corrected chi connectivity index (χ2v) is 9.38. The summed E-state index contributed by atoms with van der Waals surface area (Å²) in [5, 5.41) is 6.43. The smallest absolute Gasteiger partial charge is 0.251 e. The summed E-state index contributed by atoms with van der Waals surface area (Å²) in [6.45, 7) is 5.00. The summed E-state index contributed by atoms with van der Waals surface area (Å²) >= 11 is 0. The van der Waals surface area contributed by atoms with Crippen molar-refractivity contribution in [3.05, 3.63) is 108 Å². The fourth-order valence-corrected chi connectivity index (χ4v) is 4.58. The Morgan fingerprint density at radius 2 is 1.64 bits per heavy atom. The lowest BCUT2D eigenvalue weighted by atomic mass is 10.0. The molecule has 1 aliphatic rings. The second kappa shape index (κ2) is 11.1. The number of carbonyl (C=O) groups is 1. The van der Waals surface area contributed by atoms with Crippen LogP contribution in [0.5, 0.6) is 0 Å². The molecule has 1 aromatic heterocycles. The number of amides is 1. The largest absolute Gasteiger partial charge is 0.349 e. The highest BCUT2D eigenvalue weighted by Crippen LogP contribution is 2.21. The summed E-state index contributed by atoms with van der Waals surface area (Å²) in [5.41, 5.74) is 5.99. The maximum atomic E-state index is 12.9. The molecule has 0 aliphatic carbocycles. The zero-order chi connectivity index (χ0) is 24.7. The minimum Gasteiger partial charge on any atom is -0.349 e. The first-order valence-corrected chi connectivity index (χ1v) is 12.5. The molecule has 1 fully saturated rings. The molecule has 1 aliphatic heterocycles. The van der Waals surface area contributed by atoms with Gasteiger partial charge in [-0.2, -0.15) is 0 Å². The van der Waals surface area contributed by atoms with Crippen LogP contribution in [0.15, 0.2) is 91.3 Å². The molecule has 36 heavy (non-hydrogen) atoms. The van der Waals surface area contributed by atoms with E-state index in [1.54, 1.807) is 0 Å². The molecule has 0 radical (unpaired) electrons. The molecule has 0 unspecified atom stereocenters. The van der Waals surface area contributed by atoms with Crippen LogP contribution in [0.25, 0.3) is 11.1 Å². The molecule has 0 spiro atoms. The van der Waals surface area contributed by atoms with Gasteiger partial charge in [0.05, 0.1) is 0 Å². The van der Waals surface area contributed by atoms with Crippen molar-refractivity contribution in [2.45, 2.75) is 32.4 Å². The minimum atomic E-state index is -0.0455. The Hall–Kier alpha value is -4.03. The highest BCUT2D eigenvalue weighted by molar-refractivity contribution is 5.95. The molecule has 1 amide bonds. The number of piperidine rings is 1. The highest BCUT2D eigenvalue weighted by Gasteiger charge is 2.21. The fraction of sp³-hybridized carbons (Fsp3) is 0.233. The third-order valence-corrected chi connectivity index (χ3v) is 6.56. The van der Waals surface area contributed by atoms with Crippen molar-refractivity contribution in [3.8, 4) is 11.1 Å². The summed E-state index contributed by atoms with van der Waals surface area (Å²) in [6, 6.07) is 26.5. The van der Waals surface area contributed by atoms with E-state index in [9.17, 15) is 4.79 Å². The van der Waals surface area contributed by atoms with E-state index < -0.39 is 0 Å². The Morgan fingerprint density at radius 3 is 2.39 bits per heavy atom. The van der Waals surface area contributed by atoms with Gasteiger partial charge in [0.2, 0.25) is 5.95 Å². The molecular weight excluding hydrogens is 446 g/mol. The first-order chi connectivity index (χ1) is 17.6. The van der Waals surface area contributed by atoms with Crippen LogP contribution < -0.4 is 10.6 Å². The number of hydrogen-bond donors (Lipinski definition) is 2. The Balaban J connectivity index is 1.15. The van der Waals surface area contributed by atoms with E-state index in [1.165, 1.54) is 11.1 Å². The monoisotopic (exact) mass is 477 g/mol. The van der Waals surface area contributed by atoms with Crippen molar-refractivity contribution < 1.29 is 4.79 Å². The number of hydrogen-bond acceptors (Lipinski definition) is 5. The summed E-state index contributed by atoms with van der Waals surface area (Å²) in [7, 11) is 0. The van der Waals surface area contributed by atoms with Gasteiger partial charge in [-0.05, 0) is 49.1 Å². The van der Waals surface area contributed by atoms with Gasteiger partial charge in [0, 0.05) is 54.9 Å². The van der Waals surface area contributed by atoms with Crippen molar-refractivity contribution in [2.75, 3.05) is 18.4 Å². The highest BCUT2D eigenvalue weighted by atomic mass is 16.1. The number of nitrogens with zero attached hydrogens (tertiary/aromatic N) is 3. The first kappa shape index (κ1) is 23.7. The van der Waals surface area contributed by atoms with Crippen LogP contribution in [0.3, 0.4) is 0 Å². The molecule has 5 rings (SSSR count). The van der Waals surface area contributed by atoms with E-state index in [0.29, 0.717) is 11.5 Å². The molecule has 0 bridgehead atoms. The predicted octanol–water partition coefficient (Wildman–Crippen LogP) is 5.59. The molecule has 6 heteroatoms. The second-order valence-electron chi connectivity index (χ2n) is 9.38. The van der Waals surface area contributed by atoms with Crippen LogP contribution in [-0.2, 0) is 6.54 Å². The fourth-order valence-electron chi connectivity index (χ4n) is 4.58. The van der Waals surface area contributed by atoms with E-state index in [2.05, 4.69) is 68.8 Å². The first-order valence-electron chi connectivity index (χ1n) is 12.5. The number of benzene rings is 3. The molecular formula is C30H31N5O. The van der Waals surface area contributed by atoms with Crippen LogP contribution in [-0.4, -0.2) is 39.9 Å². The zero-order valence-corrected chi connectivity index (χ0v) is 20.5. The van der Waals surface area contributed by atoms with Crippen LogP contribution in [0.1, 0.15) is 34.3 Å². The van der Waals surface area contributed by atoms with E-state index in [1.807, 2.05) is 54.9 Å². The lowest BCUT2D eigenvalue weighted by Crippen LogP contribution is -2.44. The molecule has 2 heterocycles. The Bertz CT molecular complexity index is 1300. The van der Waals surface area contributed by atoms with Crippen LogP contribution >= 0.6 is 0 Å². The maximum absolute atomic E-state index is 12.9. The number of aryl methyl sites for hydroxylation is 1. The lowest BCUT2D eigenvalue weighted by Gasteiger charge is -2.32. The van der Waals surface area contributed by atoms with Gasteiger partial charge >= 0.3 is 0 Å². The lowest BCUT2D eigenvalue weighted by molar-refractivity contribution is 0.0909. The molecule has 3 aromatic carbocycles. The number of anilines is 2. The van der Waals surface area contributed by atoms with Crippen LogP contribution in [0.2, 0.25) is 0 Å². The van der Waals surface area contributed by atoms with Crippen molar-refractivity contribution in [1.29, 1.82) is 0 Å². The SMILES string of the molecule is Cc1cccc(-c2cnc(Nc3cccc(C(=O)NC4CCN(Cc5ccccc5)CC4)c3)nc2)c1. The number of carbonyl (C=O) groups excluding carboxylic acids is 1. The van der Waals surface area contributed by atoms with Gasteiger partial charge in [-0.15, -0.1) is 0 Å². The van der Waals surface area contributed by atoms with Gasteiger partial charge in [0.25, 0.3) is 5.91 Å². The van der Waals surface area contributed by atoms with Gasteiger partial charge < -0.3 is 10.6 Å². The van der Waals surface area contributed by atoms with Crippen molar-refractivity contribution in [3.63, 3.8) is 0 Å². The van der Waals surface area contributed by atoms with E-state index in [4.69, 9.17) is 0 Å². The van der Waals surface area contributed by atoms with Gasteiger partial charge in [0.15, 0.2) is 0 Å². The van der Waals surface area contributed by atoms with Gasteiger partial charge in [0.1, 0.15) is 0 Å². The Labute approximate surface area is 212 Å². The molecule has 0 saturated carbocycles. The molecule has 182 valence electrons. The predicted molar refractivity (Wildman–Crippen MR) is 144 cm³/mol. The van der Waals surface area contributed by atoms with Crippen molar-refractivity contribution >= 4 is 17.5 Å². The van der Waals surface area contributed by atoms with Gasteiger partial charge in [-0.25, -0.2) is 9.97 Å². The molecule has 6 nitrogen and oxygen atoms in total. The minimum absolute atomic E-state index is 0.0455. The number of nitrogens with one attached hydrogen (secondary N) is 2. The summed E-state index contributed by atoms with van der Waals surface area (Å²) < 4.78 is 0. The van der Waals surface area contributed by atoms with Crippen LogP contribution in [0.4, 0.5) is 11.6 Å². The topological polar surface area (TPSA) is 70.2 Å². The number of aromatic nitrogens is 2. The quantitative estimate of drug-likeness (QED) is 0.363. The average Bonchev–Trinajstić information content (AvgIpc) is 2.91. The normalized spacial score (nSPS) is 14.4. The average molecular weight is 478 g/mol. The summed E-state index contributed by atoms with van der Waals surface area (Å²) in [6.07, 6.45) is 5.53. The van der Waals surface area contributed by atoms with Gasteiger partial charge in [-0.1, -0.05) is 66.2 Å². The number of likely N-dealkylation sites (tertiary alicyclic amines) is 1. The van der Waals surface area contributed by atoms with E-state index in [-0.39, 0.29) is 11.9 Å². The Morgan fingerprint density at radius 1 is 0.889 bits per heavy atom. The van der Waals surface area contributed by atoms with E-state index >= 15 is 0 Å². The zero-order valence-electron chi connectivity index (χ0n) is 20.5. The van der Waals surface area contributed by atoms with E-state index in [0.717, 1.165) is 49.3 Å². The van der Waals surface area contributed by atoms with Crippen LogP contribution in [0, 0.1) is 6.92 Å². The molecule has 1 saturated heterocycles. The van der Waals surface area contributed by atoms with Crippen molar-refractivity contribution in [2.24, 2.45) is 0 Å². The summed E-state index contributed by atoms with van der Waals surface area (Å²) in [4.78, 5) is 24.3. The Kier molecular flexibility index (Phi) is 7.33. The molecule has 4 aromatic rings. The third kappa shape index (κ3) is 6.15. The van der Waals surface area contributed by atoms with Crippen molar-refractivity contribution in [1.82, 2.24) is 20.2 Å². The molecule has 2 N–H and O–H groups in total. The van der Waals surface area contributed by atoms with Gasteiger partial charge in [-0.3, -0.25) is 9.69 Å². The molecule has 0 atom stereocenters. The third-order valence-electron chi connectivity index (χ3n) is 6.56. The maximum Gasteiger partial charge on any atom is 0.251 e. The standard InChI is InChI=1S/C30H31N5O/c1-22-7-5-10-24(17-22)26-19-31-30(32-20-26)34-28-12-6-11-25(18-28)29(36)33-27-13-15-35(16-14-27)21-23-8-3-2-4-9-23/h2-12,17-20,27H,13-16,21H2,1H3,(H,33,36)(H,31,32,34). The number of rotatable bonds is 7. The summed E-state index contributed by atoms with van der Waals surface area (Å²) in [5.74, 6) is 0.450.